The van der Waals surface area contributed by atoms with E-state index < -0.39 is 0 Å². The highest BCUT2D eigenvalue weighted by Gasteiger charge is 2.22. The van der Waals surface area contributed by atoms with Crippen molar-refractivity contribution in [2.45, 2.75) is 26.4 Å². The number of methoxy groups -OCH3 is 1. The summed E-state index contributed by atoms with van der Waals surface area (Å²) in [6.45, 7) is 4.47. The van der Waals surface area contributed by atoms with E-state index in [1.165, 1.54) is 18.6 Å². The van der Waals surface area contributed by atoms with Gasteiger partial charge in [-0.2, -0.15) is 0 Å². The van der Waals surface area contributed by atoms with Crippen LogP contribution in [0.25, 0.3) is 0 Å². The average molecular weight is 229 g/mol. The van der Waals surface area contributed by atoms with E-state index in [1.54, 1.807) is 0 Å². The van der Waals surface area contributed by atoms with E-state index in [-0.39, 0.29) is 17.9 Å². The van der Waals surface area contributed by atoms with Gasteiger partial charge in [0, 0.05) is 11.9 Å². The summed E-state index contributed by atoms with van der Waals surface area (Å²) in [7, 11) is 1.39. The lowest BCUT2D eigenvalue weighted by Gasteiger charge is -2.18. The quantitative estimate of drug-likeness (QED) is 0.757. The Morgan fingerprint density at radius 1 is 1.67 bits per heavy atom. The molecule has 6 heteroatoms. The molecule has 5 nitrogen and oxygen atoms in total. The molecule has 0 saturated carbocycles. The van der Waals surface area contributed by atoms with E-state index in [0.29, 0.717) is 6.54 Å². The predicted octanol–water partition coefficient (Wildman–Crippen LogP) is 0.825. The summed E-state index contributed by atoms with van der Waals surface area (Å²) < 4.78 is 8.45. The molecule has 0 aliphatic heterocycles. The van der Waals surface area contributed by atoms with Gasteiger partial charge in [0.05, 0.1) is 12.8 Å². The lowest BCUT2D eigenvalue weighted by atomic mass is 10.0. The number of hydrogen-bond donors (Lipinski definition) is 1. The number of rotatable bonds is 5. The second kappa shape index (κ2) is 5.77. The maximum atomic E-state index is 11.4. The zero-order valence-corrected chi connectivity index (χ0v) is 9.87. The van der Waals surface area contributed by atoms with Crippen LogP contribution < -0.4 is 5.32 Å². The van der Waals surface area contributed by atoms with Crippen molar-refractivity contribution >= 4 is 17.5 Å². The van der Waals surface area contributed by atoms with Crippen molar-refractivity contribution in [1.82, 2.24) is 14.9 Å². The Kier molecular flexibility index (Phi) is 4.64. The smallest absolute Gasteiger partial charge is 0.323 e. The third-order valence-electron chi connectivity index (χ3n) is 2.03. The van der Waals surface area contributed by atoms with E-state index in [2.05, 4.69) is 14.9 Å². The summed E-state index contributed by atoms with van der Waals surface area (Å²) in [6, 6.07) is -0.295. The van der Waals surface area contributed by atoms with Crippen LogP contribution in [0.4, 0.5) is 0 Å². The minimum Gasteiger partial charge on any atom is -0.468 e. The van der Waals surface area contributed by atoms with Gasteiger partial charge in [-0.3, -0.25) is 10.1 Å². The molecule has 0 aromatic carbocycles. The molecule has 1 unspecified atom stereocenters. The first-order valence-electron chi connectivity index (χ1n) is 4.72. The Morgan fingerprint density at radius 3 is 2.87 bits per heavy atom. The Bertz CT molecular complexity index is 300. The third-order valence-corrected chi connectivity index (χ3v) is 2.58. The van der Waals surface area contributed by atoms with Gasteiger partial charge in [0.2, 0.25) is 0 Å². The topological polar surface area (TPSA) is 64.1 Å². The van der Waals surface area contributed by atoms with Crippen LogP contribution in [0, 0.1) is 5.92 Å². The highest BCUT2D eigenvalue weighted by Crippen LogP contribution is 2.05. The van der Waals surface area contributed by atoms with Crippen molar-refractivity contribution in [2.24, 2.45) is 5.92 Å². The summed E-state index contributed by atoms with van der Waals surface area (Å²) >= 11 is 1.30. The first kappa shape index (κ1) is 12.1. The first-order chi connectivity index (χ1) is 7.15. The molecule has 84 valence electrons. The van der Waals surface area contributed by atoms with Gasteiger partial charge in [-0.05, 0) is 17.5 Å². The SMILES string of the molecule is COC(=O)C(NCc1csnn1)C(C)C. The van der Waals surface area contributed by atoms with Crippen molar-refractivity contribution in [3.8, 4) is 0 Å². The second-order valence-electron chi connectivity index (χ2n) is 3.52. The molecule has 0 radical (unpaired) electrons. The van der Waals surface area contributed by atoms with Crippen molar-refractivity contribution in [1.29, 1.82) is 0 Å². The Labute approximate surface area is 93.0 Å². The molecule has 0 amide bonds. The Morgan fingerprint density at radius 2 is 2.40 bits per heavy atom. The number of nitrogens with one attached hydrogen (secondary N) is 1. The summed E-state index contributed by atoms with van der Waals surface area (Å²) in [6.07, 6.45) is 0. The highest BCUT2D eigenvalue weighted by atomic mass is 32.1. The second-order valence-corrected chi connectivity index (χ2v) is 4.13. The summed E-state index contributed by atoms with van der Waals surface area (Å²) in [5.41, 5.74) is 0.842. The summed E-state index contributed by atoms with van der Waals surface area (Å²) in [5, 5.41) is 8.84. The molecular weight excluding hydrogens is 214 g/mol. The van der Waals surface area contributed by atoms with Gasteiger partial charge in [-0.1, -0.05) is 18.3 Å². The molecule has 1 N–H and O–H groups in total. The summed E-state index contributed by atoms with van der Waals surface area (Å²) in [4.78, 5) is 11.4. The fourth-order valence-corrected chi connectivity index (χ4v) is 1.65. The van der Waals surface area contributed by atoms with Crippen molar-refractivity contribution < 1.29 is 9.53 Å². The normalized spacial score (nSPS) is 12.8. The van der Waals surface area contributed by atoms with Crippen LogP contribution in [0.5, 0.6) is 0 Å². The van der Waals surface area contributed by atoms with Gasteiger partial charge in [0.1, 0.15) is 6.04 Å². The number of carbonyl (C=O) groups excluding carboxylic acids is 1. The first-order valence-corrected chi connectivity index (χ1v) is 5.56. The van der Waals surface area contributed by atoms with Crippen LogP contribution in [-0.2, 0) is 16.1 Å². The van der Waals surface area contributed by atoms with Gasteiger partial charge in [0.15, 0.2) is 0 Å². The maximum Gasteiger partial charge on any atom is 0.323 e. The van der Waals surface area contributed by atoms with Crippen molar-refractivity contribution in [2.75, 3.05) is 7.11 Å². The molecule has 1 heterocycles. The molecule has 0 spiro atoms. The number of carbonyl (C=O) groups is 1. The minimum absolute atomic E-state index is 0.184. The van der Waals surface area contributed by atoms with Crippen LogP contribution in [0.1, 0.15) is 19.5 Å². The standard InChI is InChI=1S/C9H15N3O2S/c1-6(2)8(9(13)14-3)10-4-7-5-15-12-11-7/h5-6,8,10H,4H2,1-3H3. The fourth-order valence-electron chi connectivity index (χ4n) is 1.19. The predicted molar refractivity (Wildman–Crippen MR) is 57.4 cm³/mol. The fraction of sp³-hybridized carbons (Fsp3) is 0.667. The van der Waals surface area contributed by atoms with Crippen molar-refractivity contribution in [3.05, 3.63) is 11.1 Å². The van der Waals surface area contributed by atoms with E-state index in [9.17, 15) is 4.79 Å². The summed E-state index contributed by atoms with van der Waals surface area (Å²) in [5.74, 6) is -0.0581. The lowest BCUT2D eigenvalue weighted by Crippen LogP contribution is -2.41. The van der Waals surface area contributed by atoms with E-state index in [1.807, 2.05) is 19.2 Å². The van der Waals surface area contributed by atoms with Gasteiger partial charge in [-0.25, -0.2) is 0 Å². The average Bonchev–Trinajstić information content (AvgIpc) is 2.70. The highest BCUT2D eigenvalue weighted by molar-refractivity contribution is 7.03. The molecule has 15 heavy (non-hydrogen) atoms. The number of ether oxygens (including phenoxy) is 1. The molecule has 0 saturated heterocycles. The number of hydrogen-bond acceptors (Lipinski definition) is 6. The van der Waals surface area contributed by atoms with E-state index >= 15 is 0 Å². The van der Waals surface area contributed by atoms with E-state index in [0.717, 1.165) is 5.69 Å². The zero-order chi connectivity index (χ0) is 11.3. The third kappa shape index (κ3) is 3.56. The van der Waals surface area contributed by atoms with Gasteiger partial charge >= 0.3 is 5.97 Å². The molecule has 1 aromatic heterocycles. The van der Waals surface area contributed by atoms with Gasteiger partial charge in [-0.15, -0.1) is 5.10 Å². The molecule has 1 rings (SSSR count). The maximum absolute atomic E-state index is 11.4. The largest absolute Gasteiger partial charge is 0.468 e. The lowest BCUT2D eigenvalue weighted by molar-refractivity contribution is -0.144. The van der Waals surface area contributed by atoms with Crippen LogP contribution in [-0.4, -0.2) is 28.7 Å². The van der Waals surface area contributed by atoms with Crippen LogP contribution in [0.2, 0.25) is 0 Å². The van der Waals surface area contributed by atoms with Crippen LogP contribution >= 0.6 is 11.5 Å². The molecule has 0 fully saturated rings. The Hall–Kier alpha value is -1.01. The minimum atomic E-state index is -0.295. The molecule has 0 bridgehead atoms. The van der Waals surface area contributed by atoms with Crippen LogP contribution in [0.15, 0.2) is 5.38 Å². The number of nitrogens with zero attached hydrogens (tertiary/aromatic N) is 2. The molecular formula is C9H15N3O2S. The number of esters is 1. The monoisotopic (exact) mass is 229 g/mol. The Balaban J connectivity index is 2.49. The molecule has 0 aliphatic carbocycles. The zero-order valence-electron chi connectivity index (χ0n) is 9.06. The van der Waals surface area contributed by atoms with E-state index in [4.69, 9.17) is 4.74 Å². The van der Waals surface area contributed by atoms with Crippen LogP contribution in [0.3, 0.4) is 0 Å². The molecule has 1 aromatic rings. The molecule has 0 aliphatic rings. The van der Waals surface area contributed by atoms with Gasteiger partial charge in [0.25, 0.3) is 0 Å². The van der Waals surface area contributed by atoms with Crippen molar-refractivity contribution in [3.63, 3.8) is 0 Å². The molecule has 1 atom stereocenters. The van der Waals surface area contributed by atoms with Gasteiger partial charge < -0.3 is 4.74 Å². The number of aromatic nitrogens is 2.